The third-order valence-corrected chi connectivity index (χ3v) is 6.41. The first-order valence-corrected chi connectivity index (χ1v) is 10.3. The van der Waals surface area contributed by atoms with E-state index in [9.17, 15) is 13.2 Å². The molecule has 0 aromatic heterocycles. The second-order valence-electron chi connectivity index (χ2n) is 8.23. The van der Waals surface area contributed by atoms with Crippen LogP contribution < -0.4 is 10.6 Å². The fraction of sp³-hybridized carbons (Fsp3) is 0.417. The molecule has 2 aromatic rings. The van der Waals surface area contributed by atoms with Crippen molar-refractivity contribution in [1.29, 1.82) is 0 Å². The standard InChI is InChI=1S/C24H27F3N2/c1-2-12-28-15-16-8-10-19-20(13-16)21-14-18(24(25,26)27)9-11-22(21)29-23(19)17-6-4-3-5-7-17/h2-7,9,11,14,16,19-20,23,28-29H,1,8,10,12-13,15H2/t16?,19?,20?,23-/m0/s1. The van der Waals surface area contributed by atoms with Crippen LogP contribution in [0.1, 0.15) is 47.9 Å². The summed E-state index contributed by atoms with van der Waals surface area (Å²) in [5, 5.41) is 6.95. The van der Waals surface area contributed by atoms with Crippen LogP contribution >= 0.6 is 0 Å². The number of benzene rings is 2. The van der Waals surface area contributed by atoms with E-state index in [0.29, 0.717) is 11.8 Å². The molecule has 2 aromatic carbocycles. The van der Waals surface area contributed by atoms with E-state index in [1.54, 1.807) is 6.07 Å². The lowest BCUT2D eigenvalue weighted by Crippen LogP contribution is -2.38. The van der Waals surface area contributed by atoms with E-state index in [2.05, 4.69) is 29.3 Å². The third-order valence-electron chi connectivity index (χ3n) is 6.41. The van der Waals surface area contributed by atoms with Crippen molar-refractivity contribution in [2.24, 2.45) is 11.8 Å². The van der Waals surface area contributed by atoms with Gasteiger partial charge >= 0.3 is 6.18 Å². The van der Waals surface area contributed by atoms with E-state index in [4.69, 9.17) is 0 Å². The van der Waals surface area contributed by atoms with Gasteiger partial charge in [0.2, 0.25) is 0 Å². The summed E-state index contributed by atoms with van der Waals surface area (Å²) in [7, 11) is 0. The van der Waals surface area contributed by atoms with E-state index < -0.39 is 11.7 Å². The SMILES string of the molecule is C=CCNCC1CCC2C(C1)c1cc(C(F)(F)F)ccc1N[C@H]2c1ccccc1. The minimum atomic E-state index is -4.32. The Labute approximate surface area is 170 Å². The number of hydrogen-bond acceptors (Lipinski definition) is 2. The van der Waals surface area contributed by atoms with Crippen LogP contribution in [0.5, 0.6) is 0 Å². The highest BCUT2D eigenvalue weighted by atomic mass is 19.4. The molecule has 1 saturated carbocycles. The molecule has 5 heteroatoms. The van der Waals surface area contributed by atoms with Gasteiger partial charge in [0, 0.05) is 12.2 Å². The number of nitrogens with one attached hydrogen (secondary N) is 2. The smallest absolute Gasteiger partial charge is 0.378 e. The zero-order valence-electron chi connectivity index (χ0n) is 16.4. The predicted octanol–water partition coefficient (Wildman–Crippen LogP) is 6.15. The fourth-order valence-corrected chi connectivity index (χ4v) is 5.06. The molecule has 1 aliphatic carbocycles. The minimum absolute atomic E-state index is 0.128. The molecule has 3 unspecified atom stereocenters. The average molecular weight is 400 g/mol. The molecule has 2 N–H and O–H groups in total. The van der Waals surface area contributed by atoms with Gasteiger partial charge in [0.05, 0.1) is 11.6 Å². The maximum Gasteiger partial charge on any atom is 0.416 e. The Hall–Kier alpha value is -2.27. The molecule has 1 fully saturated rings. The van der Waals surface area contributed by atoms with Gasteiger partial charge in [0.25, 0.3) is 0 Å². The van der Waals surface area contributed by atoms with E-state index in [1.165, 1.54) is 17.7 Å². The Morgan fingerprint density at radius 2 is 1.90 bits per heavy atom. The number of anilines is 1. The second kappa shape index (κ2) is 8.23. The molecule has 2 nitrogen and oxygen atoms in total. The Morgan fingerprint density at radius 3 is 2.62 bits per heavy atom. The summed E-state index contributed by atoms with van der Waals surface area (Å²) in [6.45, 7) is 5.38. The number of halogens is 3. The molecule has 4 atom stereocenters. The van der Waals surface area contributed by atoms with Gasteiger partial charge in [-0.1, -0.05) is 36.4 Å². The number of rotatable bonds is 5. The molecule has 1 aliphatic heterocycles. The summed E-state index contributed by atoms with van der Waals surface area (Å²) in [5.41, 5.74) is 2.32. The van der Waals surface area contributed by atoms with Gasteiger partial charge in [-0.15, -0.1) is 6.58 Å². The van der Waals surface area contributed by atoms with Crippen LogP contribution in [0.25, 0.3) is 0 Å². The first-order chi connectivity index (χ1) is 14.0. The van der Waals surface area contributed by atoms with E-state index in [0.717, 1.165) is 43.6 Å². The minimum Gasteiger partial charge on any atom is -0.378 e. The molecule has 0 amide bonds. The van der Waals surface area contributed by atoms with Crippen molar-refractivity contribution in [3.8, 4) is 0 Å². The van der Waals surface area contributed by atoms with Crippen LogP contribution in [-0.4, -0.2) is 13.1 Å². The zero-order valence-corrected chi connectivity index (χ0v) is 16.4. The molecular formula is C24H27F3N2. The lowest BCUT2D eigenvalue weighted by molar-refractivity contribution is -0.137. The molecular weight excluding hydrogens is 373 g/mol. The zero-order chi connectivity index (χ0) is 20.4. The van der Waals surface area contributed by atoms with Crippen LogP contribution in [0.2, 0.25) is 0 Å². The van der Waals surface area contributed by atoms with Gasteiger partial charge in [-0.25, -0.2) is 0 Å². The van der Waals surface area contributed by atoms with Crippen molar-refractivity contribution in [2.75, 3.05) is 18.4 Å². The molecule has 0 spiro atoms. The van der Waals surface area contributed by atoms with E-state index in [1.807, 2.05) is 24.3 Å². The van der Waals surface area contributed by atoms with Crippen LogP contribution in [0.3, 0.4) is 0 Å². The lowest BCUT2D eigenvalue weighted by Gasteiger charge is -2.46. The maximum atomic E-state index is 13.4. The molecule has 4 rings (SSSR count). The maximum absolute atomic E-state index is 13.4. The van der Waals surface area contributed by atoms with Crippen LogP contribution in [0, 0.1) is 11.8 Å². The summed E-state index contributed by atoms with van der Waals surface area (Å²) in [4.78, 5) is 0. The highest BCUT2D eigenvalue weighted by Crippen LogP contribution is 2.53. The first-order valence-electron chi connectivity index (χ1n) is 10.3. The summed E-state index contributed by atoms with van der Waals surface area (Å²) in [6, 6.07) is 14.6. The Bertz CT molecular complexity index is 847. The Morgan fingerprint density at radius 1 is 1.10 bits per heavy atom. The fourth-order valence-electron chi connectivity index (χ4n) is 5.06. The normalized spacial score (nSPS) is 26.2. The average Bonchev–Trinajstić information content (AvgIpc) is 2.73. The van der Waals surface area contributed by atoms with Crippen LogP contribution in [0.4, 0.5) is 18.9 Å². The van der Waals surface area contributed by atoms with Crippen molar-refractivity contribution in [1.82, 2.24) is 5.32 Å². The van der Waals surface area contributed by atoms with Crippen molar-refractivity contribution >= 4 is 5.69 Å². The summed E-state index contributed by atoms with van der Waals surface area (Å²) >= 11 is 0. The van der Waals surface area contributed by atoms with Gasteiger partial charge in [0.15, 0.2) is 0 Å². The molecule has 154 valence electrons. The highest BCUT2D eigenvalue weighted by Gasteiger charge is 2.42. The van der Waals surface area contributed by atoms with Crippen molar-refractivity contribution in [2.45, 2.75) is 37.4 Å². The summed E-state index contributed by atoms with van der Waals surface area (Å²) in [5.74, 6) is 0.889. The quantitative estimate of drug-likeness (QED) is 0.465. The van der Waals surface area contributed by atoms with Gasteiger partial charge < -0.3 is 10.6 Å². The Kier molecular flexibility index (Phi) is 5.68. The summed E-state index contributed by atoms with van der Waals surface area (Å²) in [6.07, 6.45) is 0.527. The van der Waals surface area contributed by atoms with Crippen molar-refractivity contribution in [3.63, 3.8) is 0 Å². The molecule has 0 saturated heterocycles. The topological polar surface area (TPSA) is 24.1 Å². The van der Waals surface area contributed by atoms with Gasteiger partial charge in [0.1, 0.15) is 0 Å². The van der Waals surface area contributed by atoms with E-state index >= 15 is 0 Å². The molecule has 0 radical (unpaired) electrons. The third kappa shape index (κ3) is 4.20. The highest BCUT2D eigenvalue weighted by molar-refractivity contribution is 5.59. The number of alkyl halides is 3. The van der Waals surface area contributed by atoms with Crippen molar-refractivity contribution < 1.29 is 13.2 Å². The number of fused-ring (bicyclic) bond motifs is 3. The molecule has 1 heterocycles. The van der Waals surface area contributed by atoms with Crippen molar-refractivity contribution in [3.05, 3.63) is 77.9 Å². The van der Waals surface area contributed by atoms with E-state index in [-0.39, 0.29) is 12.0 Å². The van der Waals surface area contributed by atoms with Gasteiger partial charge in [-0.05, 0) is 72.9 Å². The first kappa shape index (κ1) is 20.0. The number of hydrogen-bond donors (Lipinski definition) is 2. The van der Waals surface area contributed by atoms with Crippen LogP contribution in [0.15, 0.2) is 61.2 Å². The second-order valence-corrected chi connectivity index (χ2v) is 8.23. The lowest BCUT2D eigenvalue weighted by atomic mass is 9.65. The van der Waals surface area contributed by atoms with Gasteiger partial charge in [-0.3, -0.25) is 0 Å². The molecule has 0 bridgehead atoms. The Balaban J connectivity index is 1.68. The van der Waals surface area contributed by atoms with Gasteiger partial charge in [-0.2, -0.15) is 13.2 Å². The monoisotopic (exact) mass is 400 g/mol. The predicted molar refractivity (Wildman–Crippen MR) is 111 cm³/mol. The largest absolute Gasteiger partial charge is 0.416 e. The molecule has 2 aliphatic rings. The van der Waals surface area contributed by atoms with Crippen LogP contribution in [-0.2, 0) is 6.18 Å². The summed E-state index contributed by atoms with van der Waals surface area (Å²) < 4.78 is 40.1. The molecule has 29 heavy (non-hydrogen) atoms.